The van der Waals surface area contributed by atoms with E-state index < -0.39 is 0 Å². The van der Waals surface area contributed by atoms with Gasteiger partial charge in [0.2, 0.25) is 0 Å². The van der Waals surface area contributed by atoms with Crippen molar-refractivity contribution in [2.45, 2.75) is 6.54 Å². The Kier molecular flexibility index (Phi) is 3.23. The SMILES string of the molecule is CN(Cc1ccc2c(c1)NC(=O)CO2)C(=O)S. The number of nitrogens with zero attached hydrogens (tertiary/aromatic N) is 1. The highest BCUT2D eigenvalue weighted by molar-refractivity contribution is 7.96. The van der Waals surface area contributed by atoms with Crippen molar-refractivity contribution < 1.29 is 14.3 Å². The fraction of sp³-hybridized carbons (Fsp3) is 0.273. The third-order valence-corrected chi connectivity index (χ3v) is 2.76. The van der Waals surface area contributed by atoms with Crippen LogP contribution in [0.5, 0.6) is 5.75 Å². The maximum Gasteiger partial charge on any atom is 0.278 e. The van der Waals surface area contributed by atoms with Crippen LogP contribution in [-0.2, 0) is 11.3 Å². The summed E-state index contributed by atoms with van der Waals surface area (Å²) >= 11 is 3.73. The molecule has 1 N–H and O–H groups in total. The lowest BCUT2D eigenvalue weighted by Gasteiger charge is -2.20. The molecular weight excluding hydrogens is 240 g/mol. The third kappa shape index (κ3) is 2.71. The Morgan fingerprint density at radius 1 is 1.59 bits per heavy atom. The smallest absolute Gasteiger partial charge is 0.278 e. The Bertz CT molecular complexity index is 476. The molecule has 2 amide bonds. The van der Waals surface area contributed by atoms with Gasteiger partial charge in [-0.3, -0.25) is 9.59 Å². The number of fused-ring (bicyclic) bond motifs is 1. The first-order chi connectivity index (χ1) is 8.06. The number of carbonyl (C=O) groups is 2. The second-order valence-electron chi connectivity index (χ2n) is 3.81. The first-order valence-corrected chi connectivity index (χ1v) is 5.50. The van der Waals surface area contributed by atoms with Crippen LogP contribution in [0.15, 0.2) is 18.2 Å². The van der Waals surface area contributed by atoms with Gasteiger partial charge >= 0.3 is 0 Å². The molecule has 0 fully saturated rings. The normalized spacial score (nSPS) is 13.4. The van der Waals surface area contributed by atoms with Crippen LogP contribution in [0.4, 0.5) is 10.5 Å². The molecule has 0 aromatic heterocycles. The van der Waals surface area contributed by atoms with E-state index in [0.717, 1.165) is 5.56 Å². The molecule has 5 nitrogen and oxygen atoms in total. The van der Waals surface area contributed by atoms with Crippen LogP contribution in [0.3, 0.4) is 0 Å². The number of amides is 2. The number of carbonyl (C=O) groups excluding carboxylic acids is 2. The van der Waals surface area contributed by atoms with Gasteiger partial charge < -0.3 is 15.0 Å². The minimum absolute atomic E-state index is 0.0430. The van der Waals surface area contributed by atoms with Crippen molar-refractivity contribution in [2.24, 2.45) is 0 Å². The summed E-state index contributed by atoms with van der Waals surface area (Å²) in [5.74, 6) is 0.474. The third-order valence-electron chi connectivity index (χ3n) is 2.42. The maximum atomic E-state index is 11.2. The standard InChI is InChI=1S/C11H12N2O3S/c1-13(11(15)17)5-7-2-3-9-8(4-7)12-10(14)6-16-9/h2-4H,5-6H2,1H3,(H,12,14)(H,15,17). The molecule has 0 spiro atoms. The first-order valence-electron chi connectivity index (χ1n) is 5.06. The van der Waals surface area contributed by atoms with E-state index in [1.165, 1.54) is 4.90 Å². The van der Waals surface area contributed by atoms with Crippen molar-refractivity contribution in [1.29, 1.82) is 0 Å². The van der Waals surface area contributed by atoms with Gasteiger partial charge in [-0.2, -0.15) is 0 Å². The number of anilines is 1. The molecule has 17 heavy (non-hydrogen) atoms. The number of thiol groups is 1. The topological polar surface area (TPSA) is 58.6 Å². The first kappa shape index (κ1) is 11.8. The molecule has 1 aliphatic rings. The number of rotatable bonds is 2. The number of hydrogen-bond donors (Lipinski definition) is 2. The number of hydrogen-bond acceptors (Lipinski definition) is 3. The quantitative estimate of drug-likeness (QED) is 0.784. The number of nitrogens with one attached hydrogen (secondary N) is 1. The summed E-state index contributed by atoms with van der Waals surface area (Å²) < 4.78 is 5.24. The van der Waals surface area contributed by atoms with Crippen molar-refractivity contribution in [3.05, 3.63) is 23.8 Å². The van der Waals surface area contributed by atoms with E-state index in [-0.39, 0.29) is 17.8 Å². The average molecular weight is 252 g/mol. The van der Waals surface area contributed by atoms with E-state index in [0.29, 0.717) is 18.0 Å². The monoisotopic (exact) mass is 252 g/mol. The Balaban J connectivity index is 2.18. The van der Waals surface area contributed by atoms with Crippen LogP contribution in [-0.4, -0.2) is 29.7 Å². The summed E-state index contributed by atoms with van der Waals surface area (Å²) in [4.78, 5) is 23.6. The minimum atomic E-state index is -0.303. The molecule has 1 aromatic carbocycles. The predicted octanol–water partition coefficient (Wildman–Crippen LogP) is 1.50. The summed E-state index contributed by atoms with van der Waals surface area (Å²) in [5, 5.41) is 2.41. The average Bonchev–Trinajstić information content (AvgIpc) is 2.28. The van der Waals surface area contributed by atoms with Gasteiger partial charge in [-0.1, -0.05) is 18.7 Å². The fourth-order valence-electron chi connectivity index (χ4n) is 1.57. The van der Waals surface area contributed by atoms with Crippen LogP contribution in [0.1, 0.15) is 5.56 Å². The van der Waals surface area contributed by atoms with Crippen LogP contribution >= 0.6 is 12.6 Å². The summed E-state index contributed by atoms with van der Waals surface area (Å²) in [5.41, 5.74) is 1.54. The highest BCUT2D eigenvalue weighted by Gasteiger charge is 2.16. The van der Waals surface area contributed by atoms with E-state index in [1.54, 1.807) is 19.2 Å². The lowest BCUT2D eigenvalue weighted by molar-refractivity contribution is -0.118. The zero-order chi connectivity index (χ0) is 12.4. The highest BCUT2D eigenvalue weighted by Crippen LogP contribution is 2.28. The van der Waals surface area contributed by atoms with Gasteiger partial charge in [-0.25, -0.2) is 0 Å². The molecule has 0 unspecified atom stereocenters. The van der Waals surface area contributed by atoms with Crippen LogP contribution < -0.4 is 10.1 Å². The van der Waals surface area contributed by atoms with E-state index in [1.807, 2.05) is 6.07 Å². The molecule has 1 aromatic rings. The van der Waals surface area contributed by atoms with Crippen molar-refractivity contribution in [1.82, 2.24) is 4.90 Å². The van der Waals surface area contributed by atoms with Gasteiger partial charge in [0.25, 0.3) is 11.1 Å². The van der Waals surface area contributed by atoms with E-state index in [9.17, 15) is 9.59 Å². The number of ether oxygens (including phenoxy) is 1. The van der Waals surface area contributed by atoms with Crippen molar-refractivity contribution in [3.63, 3.8) is 0 Å². The highest BCUT2D eigenvalue weighted by atomic mass is 32.1. The zero-order valence-electron chi connectivity index (χ0n) is 9.27. The molecule has 1 heterocycles. The lowest BCUT2D eigenvalue weighted by Crippen LogP contribution is -2.26. The Labute approximate surface area is 104 Å². The van der Waals surface area contributed by atoms with Crippen LogP contribution in [0, 0.1) is 0 Å². The Hall–Kier alpha value is -1.69. The maximum absolute atomic E-state index is 11.2. The predicted molar refractivity (Wildman–Crippen MR) is 66.4 cm³/mol. The van der Waals surface area contributed by atoms with E-state index in [2.05, 4.69) is 17.9 Å². The largest absolute Gasteiger partial charge is 0.482 e. The van der Waals surface area contributed by atoms with Gasteiger partial charge in [0.15, 0.2) is 6.61 Å². The van der Waals surface area contributed by atoms with Gasteiger partial charge in [-0.15, -0.1) is 0 Å². The van der Waals surface area contributed by atoms with Crippen molar-refractivity contribution >= 4 is 29.5 Å². The van der Waals surface area contributed by atoms with Gasteiger partial charge in [-0.05, 0) is 17.7 Å². The second kappa shape index (κ2) is 4.67. The molecule has 90 valence electrons. The van der Waals surface area contributed by atoms with Crippen LogP contribution in [0.2, 0.25) is 0 Å². The molecule has 0 saturated heterocycles. The van der Waals surface area contributed by atoms with Crippen molar-refractivity contribution in [2.75, 3.05) is 19.0 Å². The Morgan fingerprint density at radius 3 is 3.06 bits per heavy atom. The van der Waals surface area contributed by atoms with E-state index in [4.69, 9.17) is 4.74 Å². The molecule has 0 radical (unpaired) electrons. The summed E-state index contributed by atoms with van der Waals surface area (Å²) in [6.45, 7) is 0.479. The molecule has 0 aliphatic carbocycles. The van der Waals surface area contributed by atoms with Crippen molar-refractivity contribution in [3.8, 4) is 5.75 Å². The fourth-order valence-corrected chi connectivity index (χ4v) is 1.64. The van der Waals surface area contributed by atoms with Crippen LogP contribution in [0.25, 0.3) is 0 Å². The van der Waals surface area contributed by atoms with Gasteiger partial charge in [0.05, 0.1) is 5.69 Å². The molecule has 6 heteroatoms. The summed E-state index contributed by atoms with van der Waals surface area (Å²) in [7, 11) is 1.66. The molecule has 0 bridgehead atoms. The Morgan fingerprint density at radius 2 is 2.35 bits per heavy atom. The summed E-state index contributed by atoms with van der Waals surface area (Å²) in [6.07, 6.45) is 0. The molecular formula is C11H12N2O3S. The summed E-state index contributed by atoms with van der Waals surface area (Å²) in [6, 6.07) is 5.42. The second-order valence-corrected chi connectivity index (χ2v) is 4.19. The van der Waals surface area contributed by atoms with E-state index >= 15 is 0 Å². The lowest BCUT2D eigenvalue weighted by atomic mass is 10.1. The molecule has 2 rings (SSSR count). The molecule has 1 aliphatic heterocycles. The minimum Gasteiger partial charge on any atom is -0.482 e. The molecule has 0 saturated carbocycles. The molecule has 0 atom stereocenters. The van der Waals surface area contributed by atoms with Gasteiger partial charge in [0, 0.05) is 13.6 Å². The van der Waals surface area contributed by atoms with Gasteiger partial charge in [0.1, 0.15) is 5.75 Å². The zero-order valence-corrected chi connectivity index (χ0v) is 10.2. The number of benzene rings is 1.